The second-order valence-electron chi connectivity index (χ2n) is 12.1. The lowest BCUT2D eigenvalue weighted by atomic mass is 9.91. The van der Waals surface area contributed by atoms with Gasteiger partial charge in [0, 0.05) is 54.3 Å². The monoisotopic (exact) mass is 618 g/mol. The minimum absolute atomic E-state index is 0.199. The molecule has 1 fully saturated rings. The zero-order valence-corrected chi connectivity index (χ0v) is 26.7. The number of rotatable bonds is 7. The largest absolute Gasteiger partial charge is 0.479 e. The molecule has 8 nitrogen and oxygen atoms in total. The summed E-state index contributed by atoms with van der Waals surface area (Å²) in [6.45, 7) is 9.22. The Kier molecular flexibility index (Phi) is 7.71. The van der Waals surface area contributed by atoms with Crippen LogP contribution in [0, 0.1) is 6.92 Å². The van der Waals surface area contributed by atoms with Crippen LogP contribution in [0.25, 0.3) is 42.8 Å². The van der Waals surface area contributed by atoms with Gasteiger partial charge in [0.15, 0.2) is 11.9 Å². The van der Waals surface area contributed by atoms with E-state index in [2.05, 4.69) is 23.1 Å². The van der Waals surface area contributed by atoms with Gasteiger partial charge in [0.1, 0.15) is 5.01 Å². The summed E-state index contributed by atoms with van der Waals surface area (Å²) in [6.07, 6.45) is 0.00816. The van der Waals surface area contributed by atoms with Crippen molar-refractivity contribution >= 4 is 55.8 Å². The van der Waals surface area contributed by atoms with Crippen LogP contribution >= 0.6 is 22.9 Å². The third-order valence-electron chi connectivity index (χ3n) is 7.87. The molecule has 43 heavy (non-hydrogen) atoms. The molecule has 0 bridgehead atoms. The Morgan fingerprint density at radius 3 is 2.51 bits per heavy atom. The Morgan fingerprint density at radius 1 is 1.14 bits per heavy atom. The van der Waals surface area contributed by atoms with E-state index in [1.807, 2.05) is 69.8 Å². The zero-order valence-electron chi connectivity index (χ0n) is 25.1. The maximum absolute atomic E-state index is 12.7. The summed E-state index contributed by atoms with van der Waals surface area (Å²) in [4.78, 5) is 20.0. The highest BCUT2D eigenvalue weighted by Gasteiger charge is 2.32. The Morgan fingerprint density at radius 2 is 1.86 bits per heavy atom. The van der Waals surface area contributed by atoms with Crippen LogP contribution in [0.15, 0.2) is 48.5 Å². The summed E-state index contributed by atoms with van der Waals surface area (Å²) in [5.41, 5.74) is 5.25. The van der Waals surface area contributed by atoms with Crippen molar-refractivity contribution in [2.75, 3.05) is 25.1 Å². The molecule has 10 heteroatoms. The first kappa shape index (κ1) is 29.6. The van der Waals surface area contributed by atoms with E-state index in [1.54, 1.807) is 18.4 Å². The minimum atomic E-state index is -1.16. The van der Waals surface area contributed by atoms with Crippen LogP contribution in [0.3, 0.4) is 0 Å². The SMILES string of the molecule is CO[C@@H]1CCN(c2nn(C)c3ccc(-c4nc5cc(C)c([C@H](OC(C)(C)C)C(=O)O)c(-c6ccc(Cl)cc6)c5s4)cc23)C1. The van der Waals surface area contributed by atoms with Crippen molar-refractivity contribution in [3.05, 3.63) is 64.7 Å². The normalized spacial score (nSPS) is 16.4. The van der Waals surface area contributed by atoms with Gasteiger partial charge in [0.25, 0.3) is 0 Å². The second kappa shape index (κ2) is 11.2. The van der Waals surface area contributed by atoms with Crippen LogP contribution in [0.1, 0.15) is 44.4 Å². The van der Waals surface area contributed by atoms with Gasteiger partial charge in [-0.05, 0) is 81.6 Å². The van der Waals surface area contributed by atoms with Gasteiger partial charge in [0.05, 0.1) is 27.4 Å². The lowest BCUT2D eigenvalue weighted by Crippen LogP contribution is -2.28. The minimum Gasteiger partial charge on any atom is -0.479 e. The zero-order chi connectivity index (χ0) is 30.6. The summed E-state index contributed by atoms with van der Waals surface area (Å²) < 4.78 is 14.6. The molecule has 5 aromatic rings. The van der Waals surface area contributed by atoms with E-state index in [0.29, 0.717) is 10.6 Å². The van der Waals surface area contributed by atoms with Crippen LogP contribution in [0.5, 0.6) is 0 Å². The van der Waals surface area contributed by atoms with Crippen LogP contribution in [-0.4, -0.2) is 57.7 Å². The van der Waals surface area contributed by atoms with Crippen LogP contribution in [-0.2, 0) is 21.3 Å². The van der Waals surface area contributed by atoms with Crippen molar-refractivity contribution in [2.45, 2.75) is 51.9 Å². The maximum Gasteiger partial charge on any atom is 0.337 e. The number of benzene rings is 3. The van der Waals surface area contributed by atoms with E-state index < -0.39 is 17.7 Å². The number of carbonyl (C=O) groups is 1. The fourth-order valence-corrected chi connectivity index (χ4v) is 7.14. The van der Waals surface area contributed by atoms with Crippen LogP contribution < -0.4 is 4.90 Å². The Balaban J connectivity index is 1.54. The highest BCUT2D eigenvalue weighted by atomic mass is 35.5. The summed E-state index contributed by atoms with van der Waals surface area (Å²) >= 11 is 7.80. The van der Waals surface area contributed by atoms with E-state index in [9.17, 15) is 9.90 Å². The number of ether oxygens (including phenoxy) is 2. The summed E-state index contributed by atoms with van der Waals surface area (Å²) in [6, 6.07) is 15.8. The number of nitrogens with zero attached hydrogens (tertiary/aromatic N) is 4. The fourth-order valence-electron chi connectivity index (χ4n) is 5.89. The Labute approximate surface area is 259 Å². The van der Waals surface area contributed by atoms with Gasteiger partial charge in [-0.3, -0.25) is 4.68 Å². The number of carboxylic acid groups (broad SMARTS) is 1. The molecule has 0 amide bonds. The van der Waals surface area contributed by atoms with E-state index in [0.717, 1.165) is 73.7 Å². The smallest absolute Gasteiger partial charge is 0.337 e. The average Bonchev–Trinajstić information content (AvgIpc) is 3.68. The molecule has 1 saturated heterocycles. The second-order valence-corrected chi connectivity index (χ2v) is 13.5. The first-order chi connectivity index (χ1) is 20.4. The summed E-state index contributed by atoms with van der Waals surface area (Å²) in [7, 11) is 3.73. The number of hydrogen-bond donors (Lipinski definition) is 1. The lowest BCUT2D eigenvalue weighted by molar-refractivity contribution is -0.160. The average molecular weight is 619 g/mol. The maximum atomic E-state index is 12.7. The molecular formula is C33H35ClN4O4S. The molecule has 0 spiro atoms. The molecule has 1 N–H and O–H groups in total. The standard InChI is InChI=1S/C33H35ClN4O4S/c1-18-15-24-29(27(19-7-10-21(34)11-8-19)26(18)28(32(39)40)42-33(2,3)4)43-31(35-24)20-9-12-25-23(16-20)30(36-37(25)5)38-14-13-22(17-38)41-6/h7-12,15-16,22,28H,13-14,17H2,1-6H3,(H,39,40)/t22-,28+/m1/s1. The van der Waals surface area contributed by atoms with E-state index in [4.69, 9.17) is 31.2 Å². The molecule has 0 unspecified atom stereocenters. The number of methoxy groups -OCH3 is 1. The molecule has 1 aliphatic rings. The van der Waals surface area contributed by atoms with Gasteiger partial charge in [-0.25, -0.2) is 9.78 Å². The topological polar surface area (TPSA) is 89.7 Å². The molecular weight excluding hydrogens is 584 g/mol. The van der Waals surface area contributed by atoms with E-state index in [-0.39, 0.29) is 6.10 Å². The Bertz CT molecular complexity index is 1840. The molecule has 224 valence electrons. The van der Waals surface area contributed by atoms with Gasteiger partial charge >= 0.3 is 5.97 Å². The number of halogens is 1. The molecule has 2 aromatic heterocycles. The molecule has 1 aliphatic heterocycles. The molecule has 0 aliphatic carbocycles. The van der Waals surface area contributed by atoms with E-state index in [1.165, 1.54) is 0 Å². The van der Waals surface area contributed by atoms with E-state index >= 15 is 0 Å². The lowest BCUT2D eigenvalue weighted by Gasteiger charge is -2.28. The summed E-state index contributed by atoms with van der Waals surface area (Å²) in [5.74, 6) is -0.0897. The third-order valence-corrected chi connectivity index (χ3v) is 9.26. The first-order valence-corrected chi connectivity index (χ1v) is 15.5. The number of thiazole rings is 1. The van der Waals surface area contributed by atoms with Crippen molar-refractivity contribution in [3.8, 4) is 21.7 Å². The highest BCUT2D eigenvalue weighted by Crippen LogP contribution is 2.45. The van der Waals surface area contributed by atoms with Gasteiger partial charge in [0.2, 0.25) is 0 Å². The molecule has 6 rings (SSSR count). The highest BCUT2D eigenvalue weighted by molar-refractivity contribution is 7.22. The van der Waals surface area contributed by atoms with Crippen LogP contribution in [0.4, 0.5) is 5.82 Å². The number of hydrogen-bond acceptors (Lipinski definition) is 7. The van der Waals surface area contributed by atoms with Crippen molar-refractivity contribution in [3.63, 3.8) is 0 Å². The molecule has 3 heterocycles. The predicted molar refractivity (Wildman–Crippen MR) is 173 cm³/mol. The quantitative estimate of drug-likeness (QED) is 0.200. The predicted octanol–water partition coefficient (Wildman–Crippen LogP) is 7.64. The molecule has 0 radical (unpaired) electrons. The van der Waals surface area contributed by atoms with Gasteiger partial charge in [-0.1, -0.05) is 23.7 Å². The van der Waals surface area contributed by atoms with Gasteiger partial charge in [-0.15, -0.1) is 11.3 Å². The van der Waals surface area contributed by atoms with Crippen LogP contribution in [0.2, 0.25) is 5.02 Å². The number of carboxylic acids is 1. The number of aromatic nitrogens is 3. The Hall–Kier alpha value is -3.50. The van der Waals surface area contributed by atoms with Crippen molar-refractivity contribution in [2.24, 2.45) is 7.05 Å². The van der Waals surface area contributed by atoms with Crippen molar-refractivity contribution in [1.29, 1.82) is 0 Å². The molecule has 3 aromatic carbocycles. The third kappa shape index (κ3) is 5.62. The number of anilines is 1. The number of aryl methyl sites for hydroxylation is 2. The fraction of sp³-hybridized carbons (Fsp3) is 0.364. The van der Waals surface area contributed by atoms with Crippen molar-refractivity contribution < 1.29 is 19.4 Å². The molecule has 0 saturated carbocycles. The van der Waals surface area contributed by atoms with Gasteiger partial charge < -0.3 is 19.5 Å². The van der Waals surface area contributed by atoms with Crippen molar-refractivity contribution in [1.82, 2.24) is 14.8 Å². The first-order valence-electron chi connectivity index (χ1n) is 14.3. The summed E-state index contributed by atoms with van der Waals surface area (Å²) in [5, 5.41) is 17.7. The number of fused-ring (bicyclic) bond motifs is 2. The molecule has 2 atom stereocenters. The number of aliphatic carboxylic acids is 1. The van der Waals surface area contributed by atoms with Gasteiger partial charge in [-0.2, -0.15) is 5.10 Å².